The van der Waals surface area contributed by atoms with Crippen molar-refractivity contribution in [3.05, 3.63) is 17.8 Å². The lowest BCUT2D eigenvalue weighted by molar-refractivity contribution is 0.0937. The molecule has 0 aliphatic carbocycles. The highest BCUT2D eigenvalue weighted by molar-refractivity contribution is 7.90. The largest absolute Gasteiger partial charge is 0.443 e. The van der Waals surface area contributed by atoms with Crippen molar-refractivity contribution < 1.29 is 12.8 Å². The molecule has 2 rings (SSSR count). The van der Waals surface area contributed by atoms with Gasteiger partial charge in [-0.3, -0.25) is 9.80 Å². The summed E-state index contributed by atoms with van der Waals surface area (Å²) in [5, 5.41) is 0. The molecule has 0 unspecified atom stereocenters. The minimum absolute atomic E-state index is 0.0324. The zero-order valence-electron chi connectivity index (χ0n) is 14.9. The van der Waals surface area contributed by atoms with Gasteiger partial charge in [0.15, 0.2) is 0 Å². The van der Waals surface area contributed by atoms with Gasteiger partial charge in [0.25, 0.3) is 0 Å². The standard InChI is InChI=1S/C16H29N3O3S/c1-13(15-17-12-14(22-15)16(2,3)4)19-8-6-18(7-9-19)10-11-23(5,20)21/h12-13H,6-11H2,1-5H3/t13-/m0/s1. The number of piperazine rings is 1. The molecule has 1 aromatic rings. The molecule has 2 heterocycles. The molecule has 7 heteroatoms. The number of nitrogens with zero attached hydrogens (tertiary/aromatic N) is 3. The van der Waals surface area contributed by atoms with Crippen molar-refractivity contribution in [3.8, 4) is 0 Å². The SMILES string of the molecule is C[C@@H](c1ncc(C(C)(C)C)o1)N1CCN(CCS(C)(=O)=O)CC1. The van der Waals surface area contributed by atoms with E-state index in [2.05, 4.69) is 42.5 Å². The van der Waals surface area contributed by atoms with Crippen LogP contribution in [-0.2, 0) is 15.3 Å². The fourth-order valence-electron chi connectivity index (χ4n) is 2.65. The molecular weight excluding hydrogens is 314 g/mol. The Morgan fingerprint density at radius 3 is 2.35 bits per heavy atom. The zero-order valence-corrected chi connectivity index (χ0v) is 15.7. The predicted molar refractivity (Wildman–Crippen MR) is 91.3 cm³/mol. The first-order valence-electron chi connectivity index (χ1n) is 8.16. The van der Waals surface area contributed by atoms with E-state index in [1.54, 1.807) is 0 Å². The first-order chi connectivity index (χ1) is 10.6. The first-order valence-corrected chi connectivity index (χ1v) is 10.2. The van der Waals surface area contributed by atoms with E-state index >= 15 is 0 Å². The van der Waals surface area contributed by atoms with Crippen LogP contribution < -0.4 is 0 Å². The number of aromatic nitrogens is 1. The van der Waals surface area contributed by atoms with Gasteiger partial charge >= 0.3 is 0 Å². The minimum atomic E-state index is -2.89. The third-order valence-corrected chi connectivity index (χ3v) is 5.28. The lowest BCUT2D eigenvalue weighted by Crippen LogP contribution is -2.48. The van der Waals surface area contributed by atoms with Gasteiger partial charge in [-0.2, -0.15) is 0 Å². The number of hydrogen-bond acceptors (Lipinski definition) is 6. The lowest BCUT2D eigenvalue weighted by Gasteiger charge is -2.36. The summed E-state index contributed by atoms with van der Waals surface area (Å²) in [7, 11) is -2.89. The van der Waals surface area contributed by atoms with Crippen LogP contribution in [0.4, 0.5) is 0 Å². The molecule has 23 heavy (non-hydrogen) atoms. The Bertz CT molecular complexity index is 611. The van der Waals surface area contributed by atoms with Gasteiger partial charge in [0, 0.05) is 44.4 Å². The number of oxazole rings is 1. The monoisotopic (exact) mass is 343 g/mol. The molecule has 1 fully saturated rings. The summed E-state index contributed by atoms with van der Waals surface area (Å²) in [6, 6.07) is 0.142. The van der Waals surface area contributed by atoms with Crippen LogP contribution >= 0.6 is 0 Å². The van der Waals surface area contributed by atoms with Crippen molar-refractivity contribution in [2.75, 3.05) is 44.7 Å². The van der Waals surface area contributed by atoms with Gasteiger partial charge in [-0.1, -0.05) is 20.8 Å². The molecule has 1 saturated heterocycles. The molecule has 132 valence electrons. The fourth-order valence-corrected chi connectivity index (χ4v) is 3.24. The highest BCUT2D eigenvalue weighted by Gasteiger charge is 2.27. The van der Waals surface area contributed by atoms with Crippen LogP contribution in [0.25, 0.3) is 0 Å². The van der Waals surface area contributed by atoms with Crippen LogP contribution in [0, 0.1) is 0 Å². The van der Waals surface area contributed by atoms with Crippen LogP contribution in [0.3, 0.4) is 0 Å². The van der Waals surface area contributed by atoms with Gasteiger partial charge in [0.05, 0.1) is 18.0 Å². The summed E-state index contributed by atoms with van der Waals surface area (Å²) in [6.45, 7) is 12.6. The van der Waals surface area contributed by atoms with Crippen LogP contribution in [0.15, 0.2) is 10.6 Å². The Hall–Kier alpha value is -0.920. The van der Waals surface area contributed by atoms with Crippen molar-refractivity contribution >= 4 is 9.84 Å². The van der Waals surface area contributed by atoms with E-state index in [4.69, 9.17) is 4.42 Å². The highest BCUT2D eigenvalue weighted by Crippen LogP contribution is 2.27. The summed E-state index contributed by atoms with van der Waals surface area (Å²) < 4.78 is 28.5. The third-order valence-electron chi connectivity index (χ3n) is 4.35. The molecule has 1 aliphatic heterocycles. The van der Waals surface area contributed by atoms with Gasteiger partial charge in [-0.25, -0.2) is 13.4 Å². The molecule has 6 nitrogen and oxygen atoms in total. The Kier molecular flexibility index (Phi) is 5.53. The average molecular weight is 343 g/mol. The zero-order chi connectivity index (χ0) is 17.3. The Morgan fingerprint density at radius 2 is 1.87 bits per heavy atom. The van der Waals surface area contributed by atoms with Crippen molar-refractivity contribution in [1.29, 1.82) is 0 Å². The van der Waals surface area contributed by atoms with Gasteiger partial charge in [-0.05, 0) is 6.92 Å². The first kappa shape index (κ1) is 18.4. The summed E-state index contributed by atoms with van der Waals surface area (Å²) in [4.78, 5) is 9.00. The molecule has 1 atom stereocenters. The molecule has 1 aliphatic rings. The van der Waals surface area contributed by atoms with Crippen molar-refractivity contribution in [3.63, 3.8) is 0 Å². The van der Waals surface area contributed by atoms with Gasteiger partial charge < -0.3 is 4.42 Å². The Morgan fingerprint density at radius 1 is 1.26 bits per heavy atom. The average Bonchev–Trinajstić information content (AvgIpc) is 2.94. The summed E-state index contributed by atoms with van der Waals surface area (Å²) in [5.74, 6) is 1.91. The van der Waals surface area contributed by atoms with Crippen molar-refractivity contribution in [2.24, 2.45) is 0 Å². The third kappa shape index (κ3) is 5.29. The molecule has 0 radical (unpaired) electrons. The number of sulfone groups is 1. The summed E-state index contributed by atoms with van der Waals surface area (Å²) >= 11 is 0. The summed E-state index contributed by atoms with van der Waals surface area (Å²) in [5.41, 5.74) is -0.0324. The molecule has 0 bridgehead atoms. The van der Waals surface area contributed by atoms with Crippen LogP contribution in [-0.4, -0.2) is 67.9 Å². The topological polar surface area (TPSA) is 66.7 Å². The molecular formula is C16H29N3O3S. The second-order valence-corrected chi connectivity index (χ2v) is 9.76. The highest BCUT2D eigenvalue weighted by atomic mass is 32.2. The molecule has 0 amide bonds. The Labute approximate surface area is 139 Å². The molecule has 1 aromatic heterocycles. The Balaban J connectivity index is 1.88. The predicted octanol–water partition coefficient (Wildman–Crippen LogP) is 1.70. The van der Waals surface area contributed by atoms with Crippen LogP contribution in [0.5, 0.6) is 0 Å². The van der Waals surface area contributed by atoms with E-state index in [0.717, 1.165) is 37.8 Å². The van der Waals surface area contributed by atoms with E-state index in [-0.39, 0.29) is 17.2 Å². The molecule has 0 spiro atoms. The van der Waals surface area contributed by atoms with E-state index < -0.39 is 9.84 Å². The molecule has 0 aromatic carbocycles. The lowest BCUT2D eigenvalue weighted by atomic mass is 9.94. The van der Waals surface area contributed by atoms with Crippen LogP contribution in [0.2, 0.25) is 0 Å². The maximum Gasteiger partial charge on any atom is 0.211 e. The van der Waals surface area contributed by atoms with E-state index in [1.165, 1.54) is 6.26 Å². The van der Waals surface area contributed by atoms with Gasteiger partial charge in [0.2, 0.25) is 5.89 Å². The van der Waals surface area contributed by atoms with E-state index in [9.17, 15) is 8.42 Å². The van der Waals surface area contributed by atoms with E-state index in [0.29, 0.717) is 6.54 Å². The normalized spacial score (nSPS) is 19.9. The number of hydrogen-bond donors (Lipinski definition) is 0. The van der Waals surface area contributed by atoms with Crippen molar-refractivity contribution in [2.45, 2.75) is 39.2 Å². The van der Waals surface area contributed by atoms with Crippen molar-refractivity contribution in [1.82, 2.24) is 14.8 Å². The molecule has 0 saturated carbocycles. The van der Waals surface area contributed by atoms with E-state index in [1.807, 2.05) is 6.20 Å². The fraction of sp³-hybridized carbons (Fsp3) is 0.812. The summed E-state index contributed by atoms with van der Waals surface area (Å²) in [6.07, 6.45) is 3.12. The number of rotatable bonds is 5. The second-order valence-electron chi connectivity index (χ2n) is 7.50. The molecule has 0 N–H and O–H groups in total. The maximum absolute atomic E-state index is 11.3. The second kappa shape index (κ2) is 6.91. The maximum atomic E-state index is 11.3. The smallest absolute Gasteiger partial charge is 0.211 e. The quantitative estimate of drug-likeness (QED) is 0.811. The van der Waals surface area contributed by atoms with Crippen LogP contribution in [0.1, 0.15) is 45.4 Å². The van der Waals surface area contributed by atoms with Gasteiger partial charge in [0.1, 0.15) is 15.6 Å². The van der Waals surface area contributed by atoms with Gasteiger partial charge in [-0.15, -0.1) is 0 Å². The minimum Gasteiger partial charge on any atom is -0.443 e.